The molecule has 26 heavy (non-hydrogen) atoms. The van der Waals surface area contributed by atoms with E-state index in [4.69, 9.17) is 0 Å². The largest absolute Gasteiger partial charge is 0.356 e. The standard InChI is InChI=1S/C19H25N5S.HI/c1-14(18-9-6-12-25-18)13-22-19(20-3)21-10-11-24-15(2)23-16-7-4-5-8-17(16)24;/h4-9,12,14H,10-11,13H2,1-3H3,(H2,20,21,22);1H. The zero-order valence-corrected chi connectivity index (χ0v) is 18.5. The maximum atomic E-state index is 4.61. The second-order valence-electron chi connectivity index (χ2n) is 6.10. The van der Waals surface area contributed by atoms with Gasteiger partial charge in [0.05, 0.1) is 11.0 Å². The maximum Gasteiger partial charge on any atom is 0.191 e. The lowest BCUT2D eigenvalue weighted by atomic mass is 10.1. The number of nitrogens with one attached hydrogen (secondary N) is 2. The Morgan fingerprint density at radius 2 is 2.04 bits per heavy atom. The van der Waals surface area contributed by atoms with E-state index in [9.17, 15) is 0 Å². The third kappa shape index (κ3) is 4.97. The molecule has 0 amide bonds. The fourth-order valence-electron chi connectivity index (χ4n) is 2.91. The predicted molar refractivity (Wildman–Crippen MR) is 122 cm³/mol. The fourth-order valence-corrected chi connectivity index (χ4v) is 3.69. The lowest BCUT2D eigenvalue weighted by Crippen LogP contribution is -2.40. The first-order valence-electron chi connectivity index (χ1n) is 8.59. The zero-order valence-electron chi connectivity index (χ0n) is 15.4. The highest BCUT2D eigenvalue weighted by atomic mass is 127. The Morgan fingerprint density at radius 3 is 2.77 bits per heavy atom. The van der Waals surface area contributed by atoms with Gasteiger partial charge in [-0.1, -0.05) is 25.1 Å². The number of thiophene rings is 1. The van der Waals surface area contributed by atoms with Crippen LogP contribution < -0.4 is 10.6 Å². The van der Waals surface area contributed by atoms with Crippen molar-refractivity contribution >= 4 is 52.3 Å². The molecule has 0 radical (unpaired) electrons. The van der Waals surface area contributed by atoms with E-state index in [1.807, 2.05) is 13.1 Å². The average molecular weight is 483 g/mol. The fraction of sp³-hybridized carbons (Fsp3) is 0.368. The Labute approximate surface area is 176 Å². The normalized spacial score (nSPS) is 12.7. The second-order valence-corrected chi connectivity index (χ2v) is 7.07. The van der Waals surface area contributed by atoms with E-state index in [0.29, 0.717) is 5.92 Å². The van der Waals surface area contributed by atoms with E-state index < -0.39 is 0 Å². The zero-order chi connectivity index (χ0) is 17.6. The van der Waals surface area contributed by atoms with Gasteiger partial charge in [0.2, 0.25) is 0 Å². The van der Waals surface area contributed by atoms with Crippen molar-refractivity contribution in [3.63, 3.8) is 0 Å². The molecule has 1 unspecified atom stereocenters. The molecular weight excluding hydrogens is 457 g/mol. The van der Waals surface area contributed by atoms with Gasteiger partial charge in [0.25, 0.3) is 0 Å². The topological polar surface area (TPSA) is 54.2 Å². The van der Waals surface area contributed by atoms with Gasteiger partial charge >= 0.3 is 0 Å². The van der Waals surface area contributed by atoms with Crippen molar-refractivity contribution in [2.24, 2.45) is 4.99 Å². The van der Waals surface area contributed by atoms with E-state index in [0.717, 1.165) is 36.9 Å². The van der Waals surface area contributed by atoms with Gasteiger partial charge in [0, 0.05) is 37.5 Å². The van der Waals surface area contributed by atoms with Crippen LogP contribution in [0.2, 0.25) is 0 Å². The minimum Gasteiger partial charge on any atom is -0.356 e. The van der Waals surface area contributed by atoms with Gasteiger partial charge in [-0.25, -0.2) is 4.98 Å². The number of para-hydroxylation sites is 2. The monoisotopic (exact) mass is 483 g/mol. The number of guanidine groups is 1. The van der Waals surface area contributed by atoms with Gasteiger partial charge in [-0.15, -0.1) is 35.3 Å². The molecule has 3 rings (SSSR count). The summed E-state index contributed by atoms with van der Waals surface area (Å²) in [6.07, 6.45) is 0. The van der Waals surface area contributed by atoms with E-state index in [-0.39, 0.29) is 24.0 Å². The molecule has 2 heterocycles. The molecule has 0 spiro atoms. The third-order valence-electron chi connectivity index (χ3n) is 4.30. The minimum atomic E-state index is 0. The number of rotatable bonds is 6. The molecule has 0 bridgehead atoms. The van der Waals surface area contributed by atoms with Gasteiger partial charge < -0.3 is 15.2 Å². The molecule has 0 aliphatic rings. The number of aromatic nitrogens is 2. The van der Waals surface area contributed by atoms with Crippen molar-refractivity contribution in [3.05, 3.63) is 52.5 Å². The van der Waals surface area contributed by atoms with E-state index in [1.54, 1.807) is 11.3 Å². The summed E-state index contributed by atoms with van der Waals surface area (Å²) in [4.78, 5) is 10.3. The van der Waals surface area contributed by atoms with Gasteiger partial charge in [0.15, 0.2) is 5.96 Å². The van der Waals surface area contributed by atoms with Crippen molar-refractivity contribution in [1.29, 1.82) is 0 Å². The number of hydrogen-bond donors (Lipinski definition) is 2. The Bertz CT molecular complexity index is 841. The number of halogens is 1. The van der Waals surface area contributed by atoms with Crippen molar-refractivity contribution in [2.45, 2.75) is 26.3 Å². The number of benzene rings is 1. The van der Waals surface area contributed by atoms with Crippen LogP contribution in [0.15, 0.2) is 46.8 Å². The number of fused-ring (bicyclic) bond motifs is 1. The molecule has 3 aromatic rings. The summed E-state index contributed by atoms with van der Waals surface area (Å²) in [7, 11) is 1.81. The second kappa shape index (κ2) is 9.91. The molecule has 0 fully saturated rings. The van der Waals surface area contributed by atoms with Crippen LogP contribution in [-0.4, -0.2) is 35.6 Å². The van der Waals surface area contributed by atoms with Crippen LogP contribution in [0.5, 0.6) is 0 Å². The van der Waals surface area contributed by atoms with E-state index in [2.05, 4.69) is 74.7 Å². The van der Waals surface area contributed by atoms with Crippen molar-refractivity contribution in [1.82, 2.24) is 20.2 Å². The van der Waals surface area contributed by atoms with Crippen LogP contribution >= 0.6 is 35.3 Å². The van der Waals surface area contributed by atoms with Gasteiger partial charge in [-0.2, -0.15) is 0 Å². The quantitative estimate of drug-likeness (QED) is 0.317. The lowest BCUT2D eigenvalue weighted by molar-refractivity contribution is 0.651. The van der Waals surface area contributed by atoms with Crippen LogP contribution in [0.1, 0.15) is 23.5 Å². The lowest BCUT2D eigenvalue weighted by Gasteiger charge is -2.16. The molecule has 1 aromatic carbocycles. The molecule has 2 aromatic heterocycles. The summed E-state index contributed by atoms with van der Waals surface area (Å²) in [5, 5.41) is 8.93. The third-order valence-corrected chi connectivity index (χ3v) is 5.41. The summed E-state index contributed by atoms with van der Waals surface area (Å²) in [5.74, 6) is 2.35. The molecule has 1 atom stereocenters. The first-order chi connectivity index (χ1) is 12.2. The number of hydrogen-bond acceptors (Lipinski definition) is 3. The van der Waals surface area contributed by atoms with Gasteiger partial charge in [-0.3, -0.25) is 4.99 Å². The first kappa shape index (κ1) is 20.7. The maximum absolute atomic E-state index is 4.61. The van der Waals surface area contributed by atoms with E-state index in [1.165, 1.54) is 10.4 Å². The molecule has 0 aliphatic heterocycles. The van der Waals surface area contributed by atoms with Crippen molar-refractivity contribution in [3.8, 4) is 0 Å². The molecule has 0 saturated heterocycles. The molecule has 140 valence electrons. The summed E-state index contributed by atoms with van der Waals surface area (Å²) in [6.45, 7) is 6.80. The molecule has 7 heteroatoms. The van der Waals surface area contributed by atoms with Crippen LogP contribution in [0.4, 0.5) is 0 Å². The highest BCUT2D eigenvalue weighted by Crippen LogP contribution is 2.19. The van der Waals surface area contributed by atoms with Crippen molar-refractivity contribution < 1.29 is 0 Å². The van der Waals surface area contributed by atoms with Gasteiger partial charge in [-0.05, 0) is 30.5 Å². The number of nitrogens with zero attached hydrogens (tertiary/aromatic N) is 3. The number of aryl methyl sites for hydroxylation is 1. The average Bonchev–Trinajstić information content (AvgIpc) is 3.26. The van der Waals surface area contributed by atoms with E-state index >= 15 is 0 Å². The summed E-state index contributed by atoms with van der Waals surface area (Å²) in [5.41, 5.74) is 2.23. The summed E-state index contributed by atoms with van der Waals surface area (Å²) >= 11 is 1.80. The van der Waals surface area contributed by atoms with Gasteiger partial charge in [0.1, 0.15) is 5.82 Å². The molecule has 2 N–H and O–H groups in total. The Balaban J connectivity index is 0.00000243. The molecule has 0 saturated carbocycles. The van der Waals surface area contributed by atoms with Crippen LogP contribution in [-0.2, 0) is 6.54 Å². The summed E-state index contributed by atoms with van der Waals surface area (Å²) < 4.78 is 2.24. The molecule has 0 aliphatic carbocycles. The Hall–Kier alpha value is -1.61. The highest BCUT2D eigenvalue weighted by Gasteiger charge is 2.09. The molecule has 5 nitrogen and oxygen atoms in total. The first-order valence-corrected chi connectivity index (χ1v) is 9.47. The highest BCUT2D eigenvalue weighted by molar-refractivity contribution is 14.0. The smallest absolute Gasteiger partial charge is 0.191 e. The minimum absolute atomic E-state index is 0. The van der Waals surface area contributed by atoms with Crippen LogP contribution in [0.25, 0.3) is 11.0 Å². The SMILES string of the molecule is CN=C(NCCn1c(C)nc2ccccc21)NCC(C)c1cccs1.I. The predicted octanol–water partition coefficient (Wildman–Crippen LogP) is 3.99. The van der Waals surface area contributed by atoms with Crippen LogP contribution in [0, 0.1) is 6.92 Å². The Kier molecular flexibility index (Phi) is 7.89. The summed E-state index contributed by atoms with van der Waals surface area (Å²) in [6, 6.07) is 12.5. The number of imidazole rings is 1. The molecular formula is C19H26IN5S. The number of aliphatic imine (C=N–C) groups is 1. The Morgan fingerprint density at radius 1 is 1.23 bits per heavy atom. The van der Waals surface area contributed by atoms with Crippen LogP contribution in [0.3, 0.4) is 0 Å². The van der Waals surface area contributed by atoms with Crippen molar-refractivity contribution in [2.75, 3.05) is 20.1 Å².